The SMILES string of the molecule is COc1c2c(cc3c1[C@@H](NNC(=O)c1cccnc1)N(C)CC3)OCO2. The number of hydrogen-bond acceptors (Lipinski definition) is 7. The number of aromatic nitrogens is 1. The number of nitrogens with one attached hydrogen (secondary N) is 2. The van der Waals surface area contributed by atoms with Crippen molar-refractivity contribution in [3.63, 3.8) is 0 Å². The smallest absolute Gasteiger partial charge is 0.266 e. The van der Waals surface area contributed by atoms with Crippen LogP contribution >= 0.6 is 0 Å². The largest absolute Gasteiger partial charge is 0.492 e. The van der Waals surface area contributed by atoms with E-state index in [9.17, 15) is 4.79 Å². The molecule has 2 aromatic rings. The summed E-state index contributed by atoms with van der Waals surface area (Å²) in [5, 5.41) is 0. The maximum absolute atomic E-state index is 12.3. The summed E-state index contributed by atoms with van der Waals surface area (Å²) in [7, 11) is 3.60. The standard InChI is InChI=1S/C18H20N4O4/c1-22-7-5-11-8-13-15(26-10-25-13)16(24-2)14(11)17(22)20-21-18(23)12-4-3-6-19-9-12/h3-4,6,8-9,17,20H,5,7,10H2,1-2H3,(H,21,23)/t17-/m0/s1. The first-order chi connectivity index (χ1) is 12.7. The molecule has 0 radical (unpaired) electrons. The van der Waals surface area contributed by atoms with Crippen LogP contribution < -0.4 is 25.1 Å². The van der Waals surface area contributed by atoms with Gasteiger partial charge in [0.15, 0.2) is 11.5 Å². The number of pyridine rings is 1. The fourth-order valence-electron chi connectivity index (χ4n) is 3.32. The van der Waals surface area contributed by atoms with Crippen LogP contribution in [0.3, 0.4) is 0 Å². The molecule has 136 valence electrons. The molecule has 2 aliphatic heterocycles. The Labute approximate surface area is 151 Å². The van der Waals surface area contributed by atoms with E-state index >= 15 is 0 Å². The van der Waals surface area contributed by atoms with Gasteiger partial charge in [-0.2, -0.15) is 0 Å². The predicted octanol–water partition coefficient (Wildman–Crippen LogP) is 1.24. The lowest BCUT2D eigenvalue weighted by molar-refractivity contribution is 0.0878. The number of likely N-dealkylation sites (N-methyl/N-ethyl adjacent to an activating group) is 1. The van der Waals surface area contributed by atoms with Gasteiger partial charge in [0.2, 0.25) is 12.5 Å². The number of amides is 1. The van der Waals surface area contributed by atoms with Crippen LogP contribution in [0.1, 0.15) is 27.7 Å². The molecule has 0 saturated carbocycles. The van der Waals surface area contributed by atoms with Crippen molar-refractivity contribution < 1.29 is 19.0 Å². The fourth-order valence-corrected chi connectivity index (χ4v) is 3.32. The second-order valence-electron chi connectivity index (χ2n) is 6.19. The molecule has 26 heavy (non-hydrogen) atoms. The Morgan fingerprint density at radius 3 is 3.08 bits per heavy atom. The number of carbonyl (C=O) groups excluding carboxylic acids is 1. The minimum absolute atomic E-state index is 0.181. The van der Waals surface area contributed by atoms with Crippen molar-refractivity contribution in [3.05, 3.63) is 47.3 Å². The highest BCUT2D eigenvalue weighted by Crippen LogP contribution is 2.48. The Hall–Kier alpha value is -2.84. The average molecular weight is 356 g/mol. The molecule has 1 aromatic carbocycles. The van der Waals surface area contributed by atoms with Gasteiger partial charge < -0.3 is 14.2 Å². The summed E-state index contributed by atoms with van der Waals surface area (Å²) in [5.41, 5.74) is 8.41. The van der Waals surface area contributed by atoms with Gasteiger partial charge >= 0.3 is 0 Å². The van der Waals surface area contributed by atoms with Crippen LogP contribution in [0.15, 0.2) is 30.6 Å². The van der Waals surface area contributed by atoms with Crippen LogP contribution in [-0.2, 0) is 6.42 Å². The zero-order chi connectivity index (χ0) is 18.1. The number of fused-ring (bicyclic) bond motifs is 2. The number of ether oxygens (including phenoxy) is 3. The van der Waals surface area contributed by atoms with E-state index in [1.807, 2.05) is 13.1 Å². The van der Waals surface area contributed by atoms with E-state index in [4.69, 9.17) is 14.2 Å². The van der Waals surface area contributed by atoms with E-state index < -0.39 is 0 Å². The lowest BCUT2D eigenvalue weighted by Crippen LogP contribution is -2.48. The summed E-state index contributed by atoms with van der Waals surface area (Å²) in [4.78, 5) is 18.4. The molecular formula is C18H20N4O4. The van der Waals surface area contributed by atoms with E-state index in [1.54, 1.807) is 25.4 Å². The van der Waals surface area contributed by atoms with Gasteiger partial charge in [-0.1, -0.05) is 0 Å². The second-order valence-corrected chi connectivity index (χ2v) is 6.19. The molecule has 1 amide bonds. The Kier molecular flexibility index (Phi) is 4.36. The van der Waals surface area contributed by atoms with Gasteiger partial charge in [-0.05, 0) is 37.2 Å². The van der Waals surface area contributed by atoms with Crippen molar-refractivity contribution >= 4 is 5.91 Å². The van der Waals surface area contributed by atoms with Gasteiger partial charge in [0.25, 0.3) is 5.91 Å². The van der Waals surface area contributed by atoms with Crippen LogP contribution in [0.25, 0.3) is 0 Å². The van der Waals surface area contributed by atoms with Gasteiger partial charge in [-0.15, -0.1) is 0 Å². The van der Waals surface area contributed by atoms with Gasteiger partial charge in [0, 0.05) is 24.5 Å². The summed E-state index contributed by atoms with van der Waals surface area (Å²) in [6.45, 7) is 1.01. The van der Waals surface area contributed by atoms with Crippen molar-refractivity contribution in [1.82, 2.24) is 20.7 Å². The number of carbonyl (C=O) groups is 1. The summed E-state index contributed by atoms with van der Waals surface area (Å²) in [5.74, 6) is 1.68. The molecule has 3 heterocycles. The van der Waals surface area contributed by atoms with E-state index in [1.165, 1.54) is 6.20 Å². The molecule has 0 bridgehead atoms. The van der Waals surface area contributed by atoms with Crippen LogP contribution in [-0.4, -0.2) is 43.3 Å². The molecular weight excluding hydrogens is 336 g/mol. The molecule has 2 aliphatic rings. The van der Waals surface area contributed by atoms with Crippen molar-refractivity contribution in [2.24, 2.45) is 0 Å². The van der Waals surface area contributed by atoms with E-state index in [-0.39, 0.29) is 18.9 Å². The van der Waals surface area contributed by atoms with Crippen molar-refractivity contribution in [1.29, 1.82) is 0 Å². The number of benzene rings is 1. The molecule has 8 nitrogen and oxygen atoms in total. The van der Waals surface area contributed by atoms with E-state index in [0.717, 1.165) is 24.1 Å². The predicted molar refractivity (Wildman–Crippen MR) is 93.0 cm³/mol. The number of hydrazine groups is 1. The maximum Gasteiger partial charge on any atom is 0.266 e. The summed E-state index contributed by atoms with van der Waals surface area (Å²) >= 11 is 0. The molecule has 0 saturated heterocycles. The van der Waals surface area contributed by atoms with E-state index in [2.05, 4.69) is 20.7 Å². The number of nitrogens with zero attached hydrogens (tertiary/aromatic N) is 2. The first-order valence-electron chi connectivity index (χ1n) is 8.34. The van der Waals surface area contributed by atoms with Gasteiger partial charge in [-0.3, -0.25) is 20.1 Å². The Morgan fingerprint density at radius 1 is 1.42 bits per heavy atom. The number of hydrogen-bond donors (Lipinski definition) is 2. The van der Waals surface area contributed by atoms with Crippen LogP contribution in [0.5, 0.6) is 17.2 Å². The quantitative estimate of drug-likeness (QED) is 0.797. The highest BCUT2D eigenvalue weighted by molar-refractivity contribution is 5.93. The monoisotopic (exact) mass is 356 g/mol. The summed E-state index contributed by atoms with van der Waals surface area (Å²) < 4.78 is 16.7. The first kappa shape index (κ1) is 16.6. The summed E-state index contributed by atoms with van der Waals surface area (Å²) in [6.07, 6.45) is 3.74. The topological polar surface area (TPSA) is 85.0 Å². The van der Waals surface area contributed by atoms with Crippen molar-refractivity contribution in [2.45, 2.75) is 12.6 Å². The molecule has 0 unspecified atom stereocenters. The average Bonchev–Trinajstić information content (AvgIpc) is 3.14. The van der Waals surface area contributed by atoms with Gasteiger partial charge in [0.05, 0.1) is 12.7 Å². The molecule has 1 atom stereocenters. The lowest BCUT2D eigenvalue weighted by Gasteiger charge is -2.36. The minimum atomic E-state index is -0.260. The van der Waals surface area contributed by atoms with Crippen LogP contribution in [0.2, 0.25) is 0 Å². The molecule has 8 heteroatoms. The molecule has 0 fully saturated rings. The summed E-state index contributed by atoms with van der Waals surface area (Å²) in [6, 6.07) is 5.42. The molecule has 4 rings (SSSR count). The third-order valence-electron chi connectivity index (χ3n) is 4.64. The van der Waals surface area contributed by atoms with Crippen molar-refractivity contribution in [3.8, 4) is 17.2 Å². The fraction of sp³-hybridized carbons (Fsp3) is 0.333. The minimum Gasteiger partial charge on any atom is -0.492 e. The third-order valence-corrected chi connectivity index (χ3v) is 4.64. The first-order valence-corrected chi connectivity index (χ1v) is 8.34. The highest BCUT2D eigenvalue weighted by atomic mass is 16.7. The van der Waals surface area contributed by atoms with E-state index in [0.29, 0.717) is 22.8 Å². The molecule has 1 aromatic heterocycles. The normalized spacial score (nSPS) is 18.3. The zero-order valence-corrected chi connectivity index (χ0v) is 14.6. The highest BCUT2D eigenvalue weighted by Gasteiger charge is 2.34. The molecule has 0 spiro atoms. The zero-order valence-electron chi connectivity index (χ0n) is 14.6. The Morgan fingerprint density at radius 2 is 2.31 bits per heavy atom. The second kappa shape index (κ2) is 6.81. The maximum atomic E-state index is 12.3. The number of methoxy groups -OCH3 is 1. The molecule has 2 N–H and O–H groups in total. The van der Waals surface area contributed by atoms with Crippen molar-refractivity contribution in [2.75, 3.05) is 27.5 Å². The molecule has 0 aliphatic carbocycles. The van der Waals surface area contributed by atoms with Crippen LogP contribution in [0, 0.1) is 0 Å². The Bertz CT molecular complexity index is 828. The third kappa shape index (κ3) is 2.83. The Balaban J connectivity index is 1.63. The lowest BCUT2D eigenvalue weighted by atomic mass is 9.95. The number of rotatable bonds is 4. The van der Waals surface area contributed by atoms with Gasteiger partial charge in [0.1, 0.15) is 6.17 Å². The van der Waals surface area contributed by atoms with Gasteiger partial charge in [-0.25, -0.2) is 5.43 Å². The van der Waals surface area contributed by atoms with Crippen LogP contribution in [0.4, 0.5) is 0 Å².